The molecule has 1 saturated carbocycles. The van der Waals surface area contributed by atoms with Crippen molar-refractivity contribution in [3.8, 4) is 0 Å². The quantitative estimate of drug-likeness (QED) is 0.467. The predicted molar refractivity (Wildman–Crippen MR) is 58.5 cm³/mol. The van der Waals surface area contributed by atoms with Crippen molar-refractivity contribution >= 4 is 28.5 Å². The smallest absolute Gasteiger partial charge is 0.223 e. The Hall–Kier alpha value is 0.200. The van der Waals surface area contributed by atoms with Crippen molar-refractivity contribution in [2.24, 2.45) is 5.92 Å². The predicted octanol–water partition coefficient (Wildman–Crippen LogP) is 2.12. The largest absolute Gasteiger partial charge is 0.356 e. The van der Waals surface area contributed by atoms with Crippen LogP contribution >= 0.6 is 22.6 Å². The Morgan fingerprint density at radius 1 is 1.42 bits per heavy atom. The molecular formula is C9H16INO. The highest BCUT2D eigenvalue weighted by Gasteiger charge is 2.24. The molecule has 0 aliphatic heterocycles. The van der Waals surface area contributed by atoms with E-state index < -0.39 is 0 Å². The molecule has 0 aromatic rings. The molecule has 1 N–H and O–H groups in total. The summed E-state index contributed by atoms with van der Waals surface area (Å²) in [6, 6.07) is 0. The molecule has 1 rings (SSSR count). The van der Waals surface area contributed by atoms with Gasteiger partial charge >= 0.3 is 0 Å². The van der Waals surface area contributed by atoms with Crippen LogP contribution in [0.2, 0.25) is 0 Å². The van der Waals surface area contributed by atoms with E-state index in [-0.39, 0.29) is 5.91 Å². The first-order valence-electron chi connectivity index (χ1n) is 4.68. The standard InChI is InChI=1S/C9H16INO/c10-6-1-2-7-11-9(12)8-4-3-5-8/h8H,1-7H2,(H,11,12). The minimum Gasteiger partial charge on any atom is -0.356 e. The number of unbranched alkanes of at least 4 members (excludes halogenated alkanes) is 1. The number of alkyl halides is 1. The van der Waals surface area contributed by atoms with E-state index in [4.69, 9.17) is 0 Å². The molecule has 1 aliphatic rings. The van der Waals surface area contributed by atoms with Gasteiger partial charge in [-0.2, -0.15) is 0 Å². The zero-order chi connectivity index (χ0) is 8.81. The second-order valence-electron chi connectivity index (χ2n) is 3.31. The van der Waals surface area contributed by atoms with Crippen molar-refractivity contribution in [3.63, 3.8) is 0 Å². The van der Waals surface area contributed by atoms with Crippen molar-refractivity contribution < 1.29 is 4.79 Å². The highest BCUT2D eigenvalue weighted by molar-refractivity contribution is 14.1. The minimum absolute atomic E-state index is 0.287. The van der Waals surface area contributed by atoms with E-state index in [0.717, 1.165) is 25.8 Å². The van der Waals surface area contributed by atoms with Gasteiger partial charge in [0.25, 0.3) is 0 Å². The summed E-state index contributed by atoms with van der Waals surface area (Å²) in [5.41, 5.74) is 0. The van der Waals surface area contributed by atoms with Gasteiger partial charge in [-0.15, -0.1) is 0 Å². The van der Waals surface area contributed by atoms with Gasteiger partial charge in [-0.25, -0.2) is 0 Å². The molecular weight excluding hydrogens is 265 g/mol. The summed E-state index contributed by atoms with van der Waals surface area (Å²) in [6.45, 7) is 0.873. The fourth-order valence-corrected chi connectivity index (χ4v) is 1.79. The summed E-state index contributed by atoms with van der Waals surface area (Å²) < 4.78 is 1.19. The molecule has 70 valence electrons. The first-order chi connectivity index (χ1) is 5.84. The summed E-state index contributed by atoms with van der Waals surface area (Å²) in [5, 5.41) is 2.98. The highest BCUT2D eigenvalue weighted by atomic mass is 127. The summed E-state index contributed by atoms with van der Waals surface area (Å²) in [6.07, 6.45) is 5.80. The molecule has 1 amide bonds. The molecule has 1 aliphatic carbocycles. The molecule has 0 atom stereocenters. The number of nitrogens with one attached hydrogen (secondary N) is 1. The normalized spacial score (nSPS) is 17.1. The van der Waals surface area contributed by atoms with Crippen LogP contribution in [-0.2, 0) is 4.79 Å². The van der Waals surface area contributed by atoms with E-state index in [1.807, 2.05) is 0 Å². The highest BCUT2D eigenvalue weighted by Crippen LogP contribution is 2.25. The first-order valence-corrected chi connectivity index (χ1v) is 6.21. The Labute approximate surface area is 87.6 Å². The fourth-order valence-electron chi connectivity index (χ4n) is 1.25. The van der Waals surface area contributed by atoms with Gasteiger partial charge in [0, 0.05) is 12.5 Å². The van der Waals surface area contributed by atoms with Crippen molar-refractivity contribution in [2.75, 3.05) is 11.0 Å². The van der Waals surface area contributed by atoms with Gasteiger partial charge < -0.3 is 5.32 Å². The zero-order valence-corrected chi connectivity index (χ0v) is 9.47. The molecule has 3 heteroatoms. The second-order valence-corrected chi connectivity index (χ2v) is 4.39. The number of halogens is 1. The number of rotatable bonds is 5. The molecule has 0 aromatic heterocycles. The maximum atomic E-state index is 11.3. The van der Waals surface area contributed by atoms with Gasteiger partial charge in [0.15, 0.2) is 0 Å². The van der Waals surface area contributed by atoms with E-state index in [9.17, 15) is 4.79 Å². The lowest BCUT2D eigenvalue weighted by Gasteiger charge is -2.23. The van der Waals surface area contributed by atoms with Gasteiger partial charge in [0.2, 0.25) is 5.91 Å². The third kappa shape index (κ3) is 3.29. The number of carbonyl (C=O) groups is 1. The van der Waals surface area contributed by atoms with Gasteiger partial charge in [0.1, 0.15) is 0 Å². The fraction of sp³-hybridized carbons (Fsp3) is 0.889. The van der Waals surface area contributed by atoms with E-state index >= 15 is 0 Å². The summed E-state index contributed by atoms with van der Waals surface area (Å²) >= 11 is 2.36. The summed E-state index contributed by atoms with van der Waals surface area (Å²) in [5.74, 6) is 0.638. The molecule has 12 heavy (non-hydrogen) atoms. The van der Waals surface area contributed by atoms with Crippen LogP contribution in [0.15, 0.2) is 0 Å². The Morgan fingerprint density at radius 2 is 2.17 bits per heavy atom. The van der Waals surface area contributed by atoms with Crippen LogP contribution in [0.3, 0.4) is 0 Å². The van der Waals surface area contributed by atoms with Crippen LogP contribution in [0.5, 0.6) is 0 Å². The van der Waals surface area contributed by atoms with Crippen molar-refractivity contribution in [2.45, 2.75) is 32.1 Å². The Balaban J connectivity index is 1.94. The van der Waals surface area contributed by atoms with Gasteiger partial charge in [-0.3, -0.25) is 4.79 Å². The van der Waals surface area contributed by atoms with Crippen molar-refractivity contribution in [1.29, 1.82) is 0 Å². The van der Waals surface area contributed by atoms with Crippen LogP contribution in [0.4, 0.5) is 0 Å². The molecule has 0 unspecified atom stereocenters. The van der Waals surface area contributed by atoms with Crippen LogP contribution in [-0.4, -0.2) is 16.9 Å². The lowest BCUT2D eigenvalue weighted by molar-refractivity contribution is -0.127. The minimum atomic E-state index is 0.287. The van der Waals surface area contributed by atoms with Gasteiger partial charge in [0.05, 0.1) is 0 Å². The Morgan fingerprint density at radius 3 is 2.67 bits per heavy atom. The maximum Gasteiger partial charge on any atom is 0.223 e. The average molecular weight is 281 g/mol. The third-order valence-corrected chi connectivity index (χ3v) is 3.10. The topological polar surface area (TPSA) is 29.1 Å². The van der Waals surface area contributed by atoms with Gasteiger partial charge in [-0.05, 0) is 30.1 Å². The van der Waals surface area contributed by atoms with Crippen molar-refractivity contribution in [1.82, 2.24) is 5.32 Å². The molecule has 1 fully saturated rings. The summed E-state index contributed by atoms with van der Waals surface area (Å²) in [4.78, 5) is 11.3. The molecule has 2 nitrogen and oxygen atoms in total. The van der Waals surface area contributed by atoms with Crippen LogP contribution in [0.1, 0.15) is 32.1 Å². The van der Waals surface area contributed by atoms with Gasteiger partial charge in [-0.1, -0.05) is 29.0 Å². The number of hydrogen-bond donors (Lipinski definition) is 1. The SMILES string of the molecule is O=C(NCCCCI)C1CCC1. The molecule has 0 aromatic carbocycles. The monoisotopic (exact) mass is 281 g/mol. The first kappa shape index (κ1) is 10.3. The maximum absolute atomic E-state index is 11.3. The van der Waals surface area contributed by atoms with Crippen LogP contribution < -0.4 is 5.32 Å². The van der Waals surface area contributed by atoms with E-state index in [2.05, 4.69) is 27.9 Å². The number of carbonyl (C=O) groups excluding carboxylic acids is 1. The van der Waals surface area contributed by atoms with E-state index in [1.54, 1.807) is 0 Å². The second kappa shape index (κ2) is 5.78. The third-order valence-electron chi connectivity index (χ3n) is 2.34. The van der Waals surface area contributed by atoms with E-state index in [1.165, 1.54) is 17.3 Å². The summed E-state index contributed by atoms with van der Waals surface area (Å²) in [7, 11) is 0. The Bertz CT molecular complexity index is 145. The zero-order valence-electron chi connectivity index (χ0n) is 7.31. The average Bonchev–Trinajstić information content (AvgIpc) is 1.95. The van der Waals surface area contributed by atoms with E-state index in [0.29, 0.717) is 5.92 Å². The van der Waals surface area contributed by atoms with Crippen LogP contribution in [0.25, 0.3) is 0 Å². The van der Waals surface area contributed by atoms with Crippen molar-refractivity contribution in [3.05, 3.63) is 0 Å². The molecule has 0 spiro atoms. The molecule has 0 bridgehead atoms. The molecule has 0 saturated heterocycles. The number of amides is 1. The Kier molecular flexibility index (Phi) is 4.95. The van der Waals surface area contributed by atoms with Crippen LogP contribution in [0, 0.1) is 5.92 Å². The molecule has 0 radical (unpaired) electrons. The lowest BCUT2D eigenvalue weighted by atomic mass is 9.85. The lowest BCUT2D eigenvalue weighted by Crippen LogP contribution is -2.34. The number of hydrogen-bond acceptors (Lipinski definition) is 1. The molecule has 0 heterocycles.